The second kappa shape index (κ2) is 8.24. The Morgan fingerprint density at radius 2 is 1.84 bits per heavy atom. The third-order valence-corrected chi connectivity index (χ3v) is 2.96. The summed E-state index contributed by atoms with van der Waals surface area (Å²) in [7, 11) is 0. The second-order valence-electron chi connectivity index (χ2n) is 5.25. The summed E-state index contributed by atoms with van der Waals surface area (Å²) >= 11 is 0. The van der Waals surface area contributed by atoms with Gasteiger partial charge in [-0.2, -0.15) is 13.2 Å². The molecule has 0 aromatic heterocycles. The van der Waals surface area contributed by atoms with E-state index in [9.17, 15) is 13.2 Å². The van der Waals surface area contributed by atoms with Crippen LogP contribution in [0.2, 0.25) is 0 Å². The lowest BCUT2D eigenvalue weighted by atomic mass is 10.0. The first-order valence-corrected chi connectivity index (χ1v) is 6.46. The Morgan fingerprint density at radius 1 is 1.26 bits per heavy atom. The summed E-state index contributed by atoms with van der Waals surface area (Å²) in [6, 6.07) is -0.0323. The molecular formula is C12H24F3N3O. The number of halogens is 3. The molecule has 0 fully saturated rings. The molecule has 0 spiro atoms. The van der Waals surface area contributed by atoms with Crippen LogP contribution < -0.4 is 11.1 Å². The van der Waals surface area contributed by atoms with Crippen LogP contribution in [0.3, 0.4) is 0 Å². The van der Waals surface area contributed by atoms with Crippen molar-refractivity contribution in [1.82, 2.24) is 5.32 Å². The average Bonchev–Trinajstić information content (AvgIpc) is 2.26. The molecule has 0 saturated carbocycles. The summed E-state index contributed by atoms with van der Waals surface area (Å²) in [5, 5.41) is 13.6. The number of hydrogen-bond donors (Lipinski definition) is 3. The minimum atomic E-state index is -4.51. The van der Waals surface area contributed by atoms with Crippen molar-refractivity contribution in [2.24, 2.45) is 22.7 Å². The third kappa shape index (κ3) is 7.92. The highest BCUT2D eigenvalue weighted by Gasteiger charge is 2.42. The molecule has 19 heavy (non-hydrogen) atoms. The van der Waals surface area contributed by atoms with Crippen molar-refractivity contribution >= 4 is 5.84 Å². The number of nitrogens with zero attached hydrogens (tertiary/aromatic N) is 1. The standard InChI is InChI=1S/C12H24F3N3O/c1-8(2)5-4-6-9(3)17-7-10(11(16)18-19)12(13,14)15/h8-10,17,19H,4-7H2,1-3H3,(H2,16,18). The lowest BCUT2D eigenvalue weighted by molar-refractivity contribution is -0.155. The van der Waals surface area contributed by atoms with Gasteiger partial charge < -0.3 is 16.3 Å². The van der Waals surface area contributed by atoms with E-state index in [0.717, 1.165) is 19.3 Å². The van der Waals surface area contributed by atoms with E-state index in [1.165, 1.54) is 0 Å². The van der Waals surface area contributed by atoms with E-state index in [2.05, 4.69) is 24.3 Å². The van der Waals surface area contributed by atoms with Crippen LogP contribution in [0.5, 0.6) is 0 Å². The second-order valence-corrected chi connectivity index (χ2v) is 5.25. The van der Waals surface area contributed by atoms with Crippen LogP contribution in [0.1, 0.15) is 40.0 Å². The minimum absolute atomic E-state index is 0.0323. The van der Waals surface area contributed by atoms with Gasteiger partial charge in [-0.15, -0.1) is 0 Å². The molecule has 0 saturated heterocycles. The first-order valence-electron chi connectivity index (χ1n) is 6.46. The number of oxime groups is 1. The van der Waals surface area contributed by atoms with Gasteiger partial charge >= 0.3 is 6.18 Å². The predicted octanol–water partition coefficient (Wildman–Crippen LogP) is 2.72. The van der Waals surface area contributed by atoms with Crippen LogP contribution in [0.4, 0.5) is 13.2 Å². The molecule has 0 aliphatic carbocycles. The molecule has 0 rings (SSSR count). The van der Waals surface area contributed by atoms with Crippen molar-refractivity contribution in [2.45, 2.75) is 52.3 Å². The van der Waals surface area contributed by atoms with Crippen LogP contribution in [0, 0.1) is 11.8 Å². The number of alkyl halides is 3. The Hall–Kier alpha value is -0.980. The van der Waals surface area contributed by atoms with E-state index in [-0.39, 0.29) is 12.6 Å². The fraction of sp³-hybridized carbons (Fsp3) is 0.917. The van der Waals surface area contributed by atoms with Gasteiger partial charge in [0.25, 0.3) is 0 Å². The maximum Gasteiger partial charge on any atom is 0.400 e. The lowest BCUT2D eigenvalue weighted by Crippen LogP contribution is -2.44. The van der Waals surface area contributed by atoms with Crippen molar-refractivity contribution in [1.29, 1.82) is 0 Å². The largest absolute Gasteiger partial charge is 0.409 e. The van der Waals surface area contributed by atoms with Crippen molar-refractivity contribution in [3.63, 3.8) is 0 Å². The molecule has 2 atom stereocenters. The Kier molecular flexibility index (Phi) is 7.82. The van der Waals surface area contributed by atoms with E-state index in [1.54, 1.807) is 0 Å². The number of hydrogen-bond acceptors (Lipinski definition) is 3. The molecule has 0 radical (unpaired) electrons. The topological polar surface area (TPSA) is 70.6 Å². The molecule has 0 aliphatic rings. The monoisotopic (exact) mass is 283 g/mol. The van der Waals surface area contributed by atoms with E-state index in [0.29, 0.717) is 5.92 Å². The third-order valence-electron chi connectivity index (χ3n) is 2.96. The molecular weight excluding hydrogens is 259 g/mol. The molecule has 0 heterocycles. The van der Waals surface area contributed by atoms with Crippen LogP contribution in [0.15, 0.2) is 5.16 Å². The van der Waals surface area contributed by atoms with Crippen LogP contribution in [-0.4, -0.2) is 29.8 Å². The smallest absolute Gasteiger partial charge is 0.400 e. The average molecular weight is 283 g/mol. The summed E-state index contributed by atoms with van der Waals surface area (Å²) in [6.07, 6.45) is -1.69. The molecule has 2 unspecified atom stereocenters. The van der Waals surface area contributed by atoms with E-state index in [4.69, 9.17) is 10.9 Å². The highest BCUT2D eigenvalue weighted by molar-refractivity contribution is 5.83. The Balaban J connectivity index is 4.19. The summed E-state index contributed by atoms with van der Waals surface area (Å²) in [5.41, 5.74) is 5.07. The Labute approximate surface area is 112 Å². The van der Waals surface area contributed by atoms with Gasteiger partial charge in [-0.3, -0.25) is 0 Å². The van der Waals surface area contributed by atoms with Gasteiger partial charge in [0.1, 0.15) is 5.92 Å². The maximum absolute atomic E-state index is 12.7. The molecule has 7 heteroatoms. The number of nitrogens with one attached hydrogen (secondary N) is 1. The molecule has 0 bridgehead atoms. The van der Waals surface area contributed by atoms with Gasteiger partial charge in [-0.25, -0.2) is 0 Å². The van der Waals surface area contributed by atoms with E-state index < -0.39 is 17.9 Å². The molecule has 4 N–H and O–H groups in total. The highest BCUT2D eigenvalue weighted by atomic mass is 19.4. The summed E-state index contributed by atoms with van der Waals surface area (Å²) in [4.78, 5) is 0. The SMILES string of the molecule is CC(C)CCCC(C)NCC(C(N)=NO)C(F)(F)F. The van der Waals surface area contributed by atoms with E-state index >= 15 is 0 Å². The molecule has 0 amide bonds. The van der Waals surface area contributed by atoms with Gasteiger partial charge in [0, 0.05) is 12.6 Å². The molecule has 0 aliphatic heterocycles. The Bertz CT molecular complexity index is 280. The van der Waals surface area contributed by atoms with Crippen LogP contribution >= 0.6 is 0 Å². The molecule has 0 aromatic carbocycles. The van der Waals surface area contributed by atoms with Gasteiger partial charge in [-0.1, -0.05) is 31.8 Å². The summed E-state index contributed by atoms with van der Waals surface area (Å²) < 4.78 is 38.0. The van der Waals surface area contributed by atoms with Gasteiger partial charge in [0.05, 0.1) is 0 Å². The first kappa shape index (κ1) is 18.0. The zero-order valence-electron chi connectivity index (χ0n) is 11.7. The van der Waals surface area contributed by atoms with Gasteiger partial charge in [0.15, 0.2) is 5.84 Å². The first-order chi connectivity index (χ1) is 8.68. The summed E-state index contributed by atoms with van der Waals surface area (Å²) in [6.45, 7) is 5.68. The van der Waals surface area contributed by atoms with Gasteiger partial charge in [-0.05, 0) is 19.3 Å². The van der Waals surface area contributed by atoms with Gasteiger partial charge in [0.2, 0.25) is 0 Å². The number of rotatable bonds is 8. The Morgan fingerprint density at radius 3 is 2.26 bits per heavy atom. The number of nitrogens with two attached hydrogens (primary N) is 1. The highest BCUT2D eigenvalue weighted by Crippen LogP contribution is 2.26. The molecule has 114 valence electrons. The van der Waals surface area contributed by atoms with E-state index in [1.807, 2.05) is 6.92 Å². The normalized spacial score (nSPS) is 16.7. The van der Waals surface area contributed by atoms with Crippen LogP contribution in [-0.2, 0) is 0 Å². The zero-order chi connectivity index (χ0) is 15.1. The maximum atomic E-state index is 12.7. The number of amidine groups is 1. The van der Waals surface area contributed by atoms with Crippen molar-refractivity contribution < 1.29 is 18.4 Å². The minimum Gasteiger partial charge on any atom is -0.409 e. The molecule has 0 aromatic rings. The summed E-state index contributed by atoms with van der Waals surface area (Å²) in [5.74, 6) is -2.17. The van der Waals surface area contributed by atoms with Crippen molar-refractivity contribution in [3.8, 4) is 0 Å². The fourth-order valence-corrected chi connectivity index (χ4v) is 1.71. The quantitative estimate of drug-likeness (QED) is 0.277. The van der Waals surface area contributed by atoms with Crippen LogP contribution in [0.25, 0.3) is 0 Å². The van der Waals surface area contributed by atoms with Crippen molar-refractivity contribution in [2.75, 3.05) is 6.54 Å². The molecule has 4 nitrogen and oxygen atoms in total. The van der Waals surface area contributed by atoms with Crippen molar-refractivity contribution in [3.05, 3.63) is 0 Å². The zero-order valence-corrected chi connectivity index (χ0v) is 11.7. The lowest BCUT2D eigenvalue weighted by Gasteiger charge is -2.22. The fourth-order valence-electron chi connectivity index (χ4n) is 1.71. The predicted molar refractivity (Wildman–Crippen MR) is 69.1 cm³/mol.